The standard InChI is InChI=1S/C21H26N2O2/c1-15-8-9-18(21(25)16(15)2)19(17-6-4-3-5-7-17)14-20(24)23-12-10-22-11-13-23/h3-9,19,22,25H,10-14H2,1-2H3. The Morgan fingerprint density at radius 1 is 1.12 bits per heavy atom. The molecule has 2 aromatic carbocycles. The first-order chi connectivity index (χ1) is 12.1. The van der Waals surface area contributed by atoms with Crippen molar-refractivity contribution in [2.45, 2.75) is 26.2 Å². The van der Waals surface area contributed by atoms with Gasteiger partial charge in [0.2, 0.25) is 5.91 Å². The van der Waals surface area contributed by atoms with Crippen LogP contribution in [0.2, 0.25) is 0 Å². The van der Waals surface area contributed by atoms with Crippen LogP contribution in [-0.4, -0.2) is 42.1 Å². The van der Waals surface area contributed by atoms with Gasteiger partial charge in [-0.25, -0.2) is 0 Å². The number of amides is 1. The summed E-state index contributed by atoms with van der Waals surface area (Å²) in [6.07, 6.45) is 0.375. The minimum Gasteiger partial charge on any atom is -0.507 e. The number of benzene rings is 2. The Labute approximate surface area is 149 Å². The van der Waals surface area contributed by atoms with Crippen molar-refractivity contribution in [1.29, 1.82) is 0 Å². The van der Waals surface area contributed by atoms with Crippen LogP contribution in [-0.2, 0) is 4.79 Å². The zero-order chi connectivity index (χ0) is 17.8. The molecule has 2 aromatic rings. The van der Waals surface area contributed by atoms with Crippen molar-refractivity contribution in [2.75, 3.05) is 26.2 Å². The highest BCUT2D eigenvalue weighted by Crippen LogP contribution is 2.37. The topological polar surface area (TPSA) is 52.6 Å². The van der Waals surface area contributed by atoms with Gasteiger partial charge in [-0.05, 0) is 30.5 Å². The van der Waals surface area contributed by atoms with Gasteiger partial charge in [0, 0.05) is 44.1 Å². The third-order valence-electron chi connectivity index (χ3n) is 5.16. The van der Waals surface area contributed by atoms with E-state index in [-0.39, 0.29) is 11.8 Å². The van der Waals surface area contributed by atoms with Crippen LogP contribution in [0.25, 0.3) is 0 Å². The molecule has 4 nitrogen and oxygen atoms in total. The van der Waals surface area contributed by atoms with Crippen LogP contribution in [0.3, 0.4) is 0 Å². The van der Waals surface area contributed by atoms with E-state index in [1.54, 1.807) is 0 Å². The Bertz CT molecular complexity index is 737. The van der Waals surface area contributed by atoms with Gasteiger partial charge in [-0.15, -0.1) is 0 Å². The Morgan fingerprint density at radius 2 is 1.80 bits per heavy atom. The second kappa shape index (κ2) is 7.70. The molecule has 1 heterocycles. The molecule has 0 spiro atoms. The average molecular weight is 338 g/mol. The number of nitrogens with one attached hydrogen (secondary N) is 1. The molecule has 1 atom stereocenters. The maximum absolute atomic E-state index is 12.8. The van der Waals surface area contributed by atoms with Crippen molar-refractivity contribution in [2.24, 2.45) is 0 Å². The summed E-state index contributed by atoms with van der Waals surface area (Å²) in [6, 6.07) is 14.0. The summed E-state index contributed by atoms with van der Waals surface area (Å²) in [6.45, 7) is 7.10. The number of phenols is 1. The Hall–Kier alpha value is -2.33. The minimum absolute atomic E-state index is 0.136. The van der Waals surface area contributed by atoms with Crippen molar-refractivity contribution < 1.29 is 9.90 Å². The van der Waals surface area contributed by atoms with E-state index in [4.69, 9.17) is 0 Å². The zero-order valence-corrected chi connectivity index (χ0v) is 15.0. The summed E-state index contributed by atoms with van der Waals surface area (Å²) < 4.78 is 0. The van der Waals surface area contributed by atoms with Gasteiger partial charge in [-0.2, -0.15) is 0 Å². The normalized spacial score (nSPS) is 15.8. The van der Waals surface area contributed by atoms with E-state index in [1.165, 1.54) is 0 Å². The molecule has 1 aliphatic rings. The third kappa shape index (κ3) is 3.85. The van der Waals surface area contributed by atoms with Crippen LogP contribution in [0.15, 0.2) is 42.5 Å². The van der Waals surface area contributed by atoms with E-state index in [1.807, 2.05) is 61.2 Å². The maximum atomic E-state index is 12.8. The Morgan fingerprint density at radius 3 is 2.48 bits per heavy atom. The lowest BCUT2D eigenvalue weighted by Crippen LogP contribution is -2.46. The summed E-state index contributed by atoms with van der Waals surface area (Å²) in [5.41, 5.74) is 3.83. The summed E-state index contributed by atoms with van der Waals surface area (Å²) in [4.78, 5) is 14.8. The second-order valence-corrected chi connectivity index (χ2v) is 6.74. The van der Waals surface area contributed by atoms with E-state index in [0.717, 1.165) is 48.4 Å². The van der Waals surface area contributed by atoms with Gasteiger partial charge in [0.05, 0.1) is 0 Å². The number of phenolic OH excluding ortho intramolecular Hbond substituents is 1. The molecule has 0 aliphatic carbocycles. The molecule has 1 saturated heterocycles. The molecule has 4 heteroatoms. The summed E-state index contributed by atoms with van der Waals surface area (Å²) in [5, 5.41) is 14.0. The summed E-state index contributed by atoms with van der Waals surface area (Å²) in [7, 11) is 0. The lowest BCUT2D eigenvalue weighted by molar-refractivity contribution is -0.132. The highest BCUT2D eigenvalue weighted by molar-refractivity contribution is 5.78. The van der Waals surface area contributed by atoms with E-state index >= 15 is 0 Å². The summed E-state index contributed by atoms with van der Waals surface area (Å²) in [5.74, 6) is 0.317. The predicted molar refractivity (Wildman–Crippen MR) is 99.9 cm³/mol. The molecule has 25 heavy (non-hydrogen) atoms. The highest BCUT2D eigenvalue weighted by atomic mass is 16.3. The maximum Gasteiger partial charge on any atom is 0.223 e. The van der Waals surface area contributed by atoms with Crippen LogP contribution in [0.4, 0.5) is 0 Å². The molecule has 1 aliphatic heterocycles. The molecule has 2 N–H and O–H groups in total. The number of rotatable bonds is 4. The van der Waals surface area contributed by atoms with Gasteiger partial charge in [0.25, 0.3) is 0 Å². The molecular formula is C21H26N2O2. The number of aryl methyl sites for hydroxylation is 1. The van der Waals surface area contributed by atoms with E-state index in [9.17, 15) is 9.90 Å². The van der Waals surface area contributed by atoms with Crippen molar-refractivity contribution in [3.8, 4) is 5.75 Å². The molecule has 1 fully saturated rings. The monoisotopic (exact) mass is 338 g/mol. The lowest BCUT2D eigenvalue weighted by atomic mass is 9.85. The van der Waals surface area contributed by atoms with Crippen molar-refractivity contribution in [3.63, 3.8) is 0 Å². The molecule has 0 bridgehead atoms. The first-order valence-electron chi connectivity index (χ1n) is 8.90. The van der Waals surface area contributed by atoms with E-state index < -0.39 is 0 Å². The van der Waals surface area contributed by atoms with Crippen LogP contribution in [0.1, 0.15) is 34.6 Å². The SMILES string of the molecule is Cc1ccc(C(CC(=O)N2CCNCC2)c2ccccc2)c(O)c1C. The molecule has 1 unspecified atom stereocenters. The second-order valence-electron chi connectivity index (χ2n) is 6.74. The minimum atomic E-state index is -0.136. The quantitative estimate of drug-likeness (QED) is 0.901. The van der Waals surface area contributed by atoms with Crippen LogP contribution < -0.4 is 5.32 Å². The zero-order valence-electron chi connectivity index (χ0n) is 15.0. The van der Waals surface area contributed by atoms with Gasteiger partial charge in [-0.1, -0.05) is 42.5 Å². The smallest absolute Gasteiger partial charge is 0.223 e. The molecule has 1 amide bonds. The number of hydrogen-bond donors (Lipinski definition) is 2. The fourth-order valence-electron chi connectivity index (χ4n) is 3.41. The number of carbonyl (C=O) groups is 1. The number of nitrogens with zero attached hydrogens (tertiary/aromatic N) is 1. The number of piperazine rings is 1. The van der Waals surface area contributed by atoms with Crippen molar-refractivity contribution >= 4 is 5.91 Å². The molecule has 0 radical (unpaired) electrons. The van der Waals surface area contributed by atoms with Crippen LogP contribution in [0, 0.1) is 13.8 Å². The fraction of sp³-hybridized carbons (Fsp3) is 0.381. The molecule has 0 aromatic heterocycles. The van der Waals surface area contributed by atoms with Gasteiger partial charge in [-0.3, -0.25) is 4.79 Å². The van der Waals surface area contributed by atoms with Gasteiger partial charge in [0.15, 0.2) is 0 Å². The lowest BCUT2D eigenvalue weighted by Gasteiger charge is -2.29. The van der Waals surface area contributed by atoms with Gasteiger partial charge >= 0.3 is 0 Å². The first kappa shape index (κ1) is 17.5. The van der Waals surface area contributed by atoms with Crippen LogP contribution in [0.5, 0.6) is 5.75 Å². The molecule has 132 valence electrons. The first-order valence-corrected chi connectivity index (χ1v) is 8.90. The molecular weight excluding hydrogens is 312 g/mol. The number of carbonyl (C=O) groups excluding carboxylic acids is 1. The van der Waals surface area contributed by atoms with Crippen molar-refractivity contribution in [1.82, 2.24) is 10.2 Å². The number of hydrogen-bond acceptors (Lipinski definition) is 3. The van der Waals surface area contributed by atoms with Crippen LogP contribution >= 0.6 is 0 Å². The van der Waals surface area contributed by atoms with Gasteiger partial charge in [0.1, 0.15) is 5.75 Å². The van der Waals surface area contributed by atoms with Crippen molar-refractivity contribution in [3.05, 3.63) is 64.7 Å². The third-order valence-corrected chi connectivity index (χ3v) is 5.16. The molecule has 0 saturated carbocycles. The largest absolute Gasteiger partial charge is 0.507 e. The summed E-state index contributed by atoms with van der Waals surface area (Å²) >= 11 is 0. The predicted octanol–water partition coefficient (Wildman–Crippen LogP) is 2.96. The Kier molecular flexibility index (Phi) is 5.39. The van der Waals surface area contributed by atoms with E-state index in [2.05, 4.69) is 5.32 Å². The number of aromatic hydroxyl groups is 1. The van der Waals surface area contributed by atoms with E-state index in [0.29, 0.717) is 12.2 Å². The fourth-order valence-corrected chi connectivity index (χ4v) is 3.41. The average Bonchev–Trinajstić information content (AvgIpc) is 2.66. The highest BCUT2D eigenvalue weighted by Gasteiger charge is 2.25. The molecule has 3 rings (SSSR count). The Balaban J connectivity index is 1.93. The van der Waals surface area contributed by atoms with Gasteiger partial charge < -0.3 is 15.3 Å².